The van der Waals surface area contributed by atoms with Crippen LogP contribution in [-0.4, -0.2) is 45.5 Å². The summed E-state index contributed by atoms with van der Waals surface area (Å²) in [5, 5.41) is 12.2. The average molecular weight is 693 g/mol. The van der Waals surface area contributed by atoms with E-state index >= 15 is 0 Å². The molecule has 3 aromatic carbocycles. The Morgan fingerprint density at radius 1 is 0.848 bits per heavy atom. The topological polar surface area (TPSA) is 156 Å². The number of phenolic OH excluding ortho intramolecular Hbond substituents is 1. The molecule has 0 saturated carbocycles. The molecule has 3 N–H and O–H groups in total. The van der Waals surface area contributed by atoms with Crippen molar-refractivity contribution in [2.75, 3.05) is 15.8 Å². The molecule has 1 unspecified atom stereocenters. The maximum Gasteiger partial charge on any atom is 0.273 e. The van der Waals surface area contributed by atoms with Crippen LogP contribution in [0.3, 0.4) is 0 Å². The second kappa shape index (κ2) is 15.8. The summed E-state index contributed by atoms with van der Waals surface area (Å²) in [7, 11) is -7.55. The van der Waals surface area contributed by atoms with Crippen molar-refractivity contribution in [2.24, 2.45) is 5.41 Å². The molecule has 13 heteroatoms. The highest BCUT2D eigenvalue weighted by molar-refractivity contribution is 7.92. The molecule has 10 nitrogen and oxygen atoms in total. The van der Waals surface area contributed by atoms with Gasteiger partial charge in [0.05, 0.1) is 31.9 Å². The summed E-state index contributed by atoms with van der Waals surface area (Å²) < 4.78 is 59.6. The van der Waals surface area contributed by atoms with E-state index in [1.807, 2.05) is 0 Å². The molecule has 0 aliphatic rings. The number of Topliss-reactive ketones (excluding diaryl/α,β-unsaturated/α-hetero) is 1. The summed E-state index contributed by atoms with van der Waals surface area (Å²) in [6.07, 6.45) is 3.95. The third-order valence-corrected chi connectivity index (χ3v) is 10.5. The zero-order chi connectivity index (χ0) is 34.1. The fourth-order valence-electron chi connectivity index (χ4n) is 4.40. The van der Waals surface area contributed by atoms with Gasteiger partial charge >= 0.3 is 0 Å². The third kappa shape index (κ3) is 10.5. The lowest BCUT2D eigenvalue weighted by atomic mass is 9.87. The van der Waals surface area contributed by atoms with Gasteiger partial charge in [0.2, 0.25) is 26.0 Å². The Morgan fingerprint density at radius 3 is 2.00 bits per heavy atom. The number of carbonyl (C=O) groups is 2. The first kappa shape index (κ1) is 36.9. The van der Waals surface area contributed by atoms with Gasteiger partial charge in [0, 0.05) is 5.41 Å². The first-order chi connectivity index (χ1) is 21.5. The predicted molar refractivity (Wildman–Crippen MR) is 180 cm³/mol. The van der Waals surface area contributed by atoms with E-state index < -0.39 is 43.1 Å². The van der Waals surface area contributed by atoms with Gasteiger partial charge in [-0.3, -0.25) is 14.3 Å². The highest BCUT2D eigenvalue weighted by Gasteiger charge is 2.37. The van der Waals surface area contributed by atoms with E-state index in [2.05, 4.69) is 17.0 Å². The van der Waals surface area contributed by atoms with E-state index in [0.29, 0.717) is 6.42 Å². The maximum atomic E-state index is 13.5. The third-order valence-electron chi connectivity index (χ3n) is 7.01. The van der Waals surface area contributed by atoms with Crippen molar-refractivity contribution in [1.82, 2.24) is 0 Å². The highest BCUT2D eigenvalue weighted by Crippen LogP contribution is 2.29. The summed E-state index contributed by atoms with van der Waals surface area (Å²) in [5.41, 5.74) is -0.741. The van der Waals surface area contributed by atoms with Crippen LogP contribution in [-0.2, 0) is 29.4 Å². The number of unbranched alkanes of at least 4 members (excludes halogenated alkanes) is 5. The number of sulfone groups is 1. The van der Waals surface area contributed by atoms with E-state index in [4.69, 9.17) is 16.3 Å². The second-order valence-electron chi connectivity index (χ2n) is 12.0. The van der Waals surface area contributed by atoms with Crippen molar-refractivity contribution in [3.63, 3.8) is 0 Å². The summed E-state index contributed by atoms with van der Waals surface area (Å²) in [6.45, 7) is 6.99. The molecule has 46 heavy (non-hydrogen) atoms. The summed E-state index contributed by atoms with van der Waals surface area (Å²) in [4.78, 5) is 26.7. The van der Waals surface area contributed by atoms with Gasteiger partial charge in [0.25, 0.3) is 5.91 Å². The molecule has 0 radical (unpaired) electrons. The molecule has 0 fully saturated rings. The van der Waals surface area contributed by atoms with E-state index in [0.717, 1.165) is 32.1 Å². The Labute approximate surface area is 276 Å². The summed E-state index contributed by atoms with van der Waals surface area (Å²) in [5.74, 6) is -1.47. The Morgan fingerprint density at radius 2 is 1.41 bits per heavy atom. The van der Waals surface area contributed by atoms with Crippen LogP contribution < -0.4 is 14.8 Å². The van der Waals surface area contributed by atoms with Crippen molar-refractivity contribution in [2.45, 2.75) is 82.1 Å². The van der Waals surface area contributed by atoms with Gasteiger partial charge in [-0.25, -0.2) is 16.8 Å². The number of ether oxygens (including phenoxy) is 1. The Hall–Kier alpha value is -3.61. The molecular formula is C33H41ClN2O8S2. The quantitative estimate of drug-likeness (QED) is 0.107. The highest BCUT2D eigenvalue weighted by atomic mass is 35.5. The fourth-order valence-corrected chi connectivity index (χ4v) is 7.00. The number of amides is 1. The fraction of sp³-hybridized carbons (Fsp3) is 0.394. The zero-order valence-electron chi connectivity index (χ0n) is 26.4. The van der Waals surface area contributed by atoms with Gasteiger partial charge in [-0.15, -0.1) is 0 Å². The molecule has 250 valence electrons. The van der Waals surface area contributed by atoms with Gasteiger partial charge in [-0.05, 0) is 73.2 Å². The largest absolute Gasteiger partial charge is 0.508 e. The van der Waals surface area contributed by atoms with Crippen molar-refractivity contribution < 1.29 is 36.3 Å². The van der Waals surface area contributed by atoms with Crippen LogP contribution in [0.5, 0.6) is 11.5 Å². The van der Waals surface area contributed by atoms with Crippen LogP contribution in [0.2, 0.25) is 5.02 Å². The van der Waals surface area contributed by atoms with Crippen LogP contribution in [0.15, 0.2) is 76.5 Å². The van der Waals surface area contributed by atoms with Crippen LogP contribution in [0, 0.1) is 5.41 Å². The lowest BCUT2D eigenvalue weighted by Gasteiger charge is -2.25. The van der Waals surface area contributed by atoms with Gasteiger partial charge in [0.1, 0.15) is 11.5 Å². The number of aromatic hydroxyl groups is 1. The number of nitrogens with one attached hydrogen (secondary N) is 2. The van der Waals surface area contributed by atoms with E-state index in [1.165, 1.54) is 66.7 Å². The van der Waals surface area contributed by atoms with Gasteiger partial charge < -0.3 is 15.2 Å². The molecule has 0 bridgehead atoms. The van der Waals surface area contributed by atoms with Crippen molar-refractivity contribution in [1.29, 1.82) is 0 Å². The van der Waals surface area contributed by atoms with Crippen molar-refractivity contribution >= 4 is 54.5 Å². The molecule has 3 rings (SSSR count). The second-order valence-corrected chi connectivity index (χ2v) is 16.2. The number of phenols is 1. The number of ketones is 1. The molecule has 0 aliphatic heterocycles. The molecule has 0 aromatic heterocycles. The van der Waals surface area contributed by atoms with Gasteiger partial charge in [-0.1, -0.05) is 71.4 Å². The molecule has 1 amide bonds. The lowest BCUT2D eigenvalue weighted by molar-refractivity contribution is -0.140. The Kier molecular flexibility index (Phi) is 12.7. The Balaban J connectivity index is 1.77. The minimum Gasteiger partial charge on any atom is -0.508 e. The normalized spacial score (nSPS) is 12.7. The molecule has 0 spiro atoms. The maximum absolute atomic E-state index is 13.5. The minimum atomic E-state index is -3.91. The number of hydrogen-bond donors (Lipinski definition) is 3. The monoisotopic (exact) mass is 692 g/mol. The number of halogens is 1. The van der Waals surface area contributed by atoms with E-state index in [1.54, 1.807) is 20.8 Å². The van der Waals surface area contributed by atoms with Crippen LogP contribution in [0.4, 0.5) is 11.4 Å². The lowest BCUT2D eigenvalue weighted by Crippen LogP contribution is -2.45. The summed E-state index contributed by atoms with van der Waals surface area (Å²) in [6, 6.07) is 14.6. The molecule has 1 atom stereocenters. The van der Waals surface area contributed by atoms with Crippen molar-refractivity contribution in [3.05, 3.63) is 71.8 Å². The van der Waals surface area contributed by atoms with Crippen molar-refractivity contribution in [3.8, 4) is 11.5 Å². The Bertz CT molecular complexity index is 1720. The van der Waals surface area contributed by atoms with Crippen LogP contribution in [0.1, 0.15) is 66.2 Å². The molecule has 0 heterocycles. The number of rotatable bonds is 16. The summed E-state index contributed by atoms with van der Waals surface area (Å²) >= 11 is 6.32. The number of sulfonamides is 1. The average Bonchev–Trinajstić information content (AvgIpc) is 2.99. The first-order valence-corrected chi connectivity index (χ1v) is 18.5. The molecule has 3 aromatic rings. The number of carbonyl (C=O) groups excluding carboxylic acids is 2. The number of hydrogen-bond acceptors (Lipinski definition) is 8. The number of anilines is 2. The molecular weight excluding hydrogens is 652 g/mol. The van der Waals surface area contributed by atoms with E-state index in [9.17, 15) is 31.5 Å². The smallest absolute Gasteiger partial charge is 0.273 e. The standard InChI is InChI=1S/C33H41ClN2O8S2/c1-5-6-7-8-9-10-21-45(40,41)36-23-11-20-28(34)29(22-23)35-32(39)30(31(38)33(2,3)4)44-25-14-18-27(19-15-25)46(42,43)26-16-12-24(37)13-17-26/h11-20,22,30,36-37H,5-10,21H2,1-4H3,(H,35,39). The predicted octanol–water partition coefficient (Wildman–Crippen LogP) is 6.98. The minimum absolute atomic E-state index is 0.0251. The molecule has 0 saturated heterocycles. The van der Waals surface area contributed by atoms with Crippen LogP contribution >= 0.6 is 11.6 Å². The zero-order valence-corrected chi connectivity index (χ0v) is 28.8. The van der Waals surface area contributed by atoms with Gasteiger partial charge in [0.15, 0.2) is 5.78 Å². The van der Waals surface area contributed by atoms with Gasteiger partial charge in [-0.2, -0.15) is 0 Å². The van der Waals surface area contributed by atoms with E-state index in [-0.39, 0.29) is 43.4 Å². The molecule has 0 aliphatic carbocycles. The number of benzene rings is 3. The first-order valence-electron chi connectivity index (χ1n) is 15.0. The SMILES string of the molecule is CCCCCCCCS(=O)(=O)Nc1ccc(Cl)c(NC(=O)C(Oc2ccc(S(=O)(=O)c3ccc(O)cc3)cc2)C(=O)C(C)(C)C)c1. The van der Waals surface area contributed by atoms with Crippen LogP contribution in [0.25, 0.3) is 0 Å².